The van der Waals surface area contributed by atoms with Gasteiger partial charge < -0.3 is 5.32 Å². The predicted molar refractivity (Wildman–Crippen MR) is 74.2 cm³/mol. The summed E-state index contributed by atoms with van der Waals surface area (Å²) in [7, 11) is 0. The van der Waals surface area contributed by atoms with E-state index in [1.54, 1.807) is 6.07 Å². The van der Waals surface area contributed by atoms with Crippen LogP contribution in [0.2, 0.25) is 0 Å². The lowest BCUT2D eigenvalue weighted by Crippen LogP contribution is -2.14. The second kappa shape index (κ2) is 6.26. The quantitative estimate of drug-likeness (QED) is 0.812. The van der Waals surface area contributed by atoms with Crippen molar-refractivity contribution in [3.8, 4) is 11.1 Å². The summed E-state index contributed by atoms with van der Waals surface area (Å²) in [6.45, 7) is 2.84. The summed E-state index contributed by atoms with van der Waals surface area (Å²) in [5.41, 5.74) is 0.256. The fraction of sp³-hybridized carbons (Fsp3) is 0.250. The van der Waals surface area contributed by atoms with Gasteiger partial charge >= 0.3 is 6.18 Å². The number of hydrogen-bond acceptors (Lipinski definition) is 1. The Hall–Kier alpha value is -1.88. The van der Waals surface area contributed by atoms with Gasteiger partial charge in [-0.2, -0.15) is 13.2 Å². The number of rotatable bonds is 4. The van der Waals surface area contributed by atoms with E-state index in [0.717, 1.165) is 6.07 Å². The zero-order chi connectivity index (χ0) is 15.5. The molecule has 21 heavy (non-hydrogen) atoms. The molecule has 0 amide bonds. The molecule has 112 valence electrons. The molecule has 0 radical (unpaired) electrons. The molecule has 0 saturated carbocycles. The number of benzene rings is 2. The summed E-state index contributed by atoms with van der Waals surface area (Å²) < 4.78 is 52.7. The maximum absolute atomic E-state index is 13.4. The number of halogens is 4. The van der Waals surface area contributed by atoms with Gasteiger partial charge in [-0.05, 0) is 41.4 Å². The Morgan fingerprint density at radius 2 is 1.71 bits per heavy atom. The Morgan fingerprint density at radius 1 is 1.00 bits per heavy atom. The molecule has 0 fully saturated rings. The van der Waals surface area contributed by atoms with Crippen LogP contribution in [0.1, 0.15) is 18.1 Å². The molecule has 1 N–H and O–H groups in total. The van der Waals surface area contributed by atoms with Crippen molar-refractivity contribution in [1.82, 2.24) is 5.32 Å². The van der Waals surface area contributed by atoms with E-state index in [2.05, 4.69) is 5.32 Å². The smallest absolute Gasteiger partial charge is 0.313 e. The van der Waals surface area contributed by atoms with Crippen molar-refractivity contribution in [2.45, 2.75) is 19.6 Å². The van der Waals surface area contributed by atoms with Gasteiger partial charge in [0, 0.05) is 6.54 Å². The Kier molecular flexibility index (Phi) is 4.63. The summed E-state index contributed by atoms with van der Waals surface area (Å²) in [6.07, 6.45) is -4.44. The molecule has 0 aliphatic carbocycles. The fourth-order valence-electron chi connectivity index (χ4n) is 2.20. The van der Waals surface area contributed by atoms with Crippen LogP contribution in [0.5, 0.6) is 0 Å². The molecule has 0 unspecified atom stereocenters. The van der Waals surface area contributed by atoms with Gasteiger partial charge in [0.25, 0.3) is 0 Å². The molecule has 2 rings (SSSR count). The molecule has 2 aromatic carbocycles. The Morgan fingerprint density at radius 3 is 2.38 bits per heavy atom. The lowest BCUT2D eigenvalue weighted by molar-refractivity contribution is -0.137. The van der Waals surface area contributed by atoms with Crippen LogP contribution in [0.15, 0.2) is 42.5 Å². The molecular weight excluding hydrogens is 282 g/mol. The first-order valence-corrected chi connectivity index (χ1v) is 6.59. The van der Waals surface area contributed by atoms with E-state index < -0.39 is 17.6 Å². The van der Waals surface area contributed by atoms with E-state index in [1.165, 1.54) is 30.3 Å². The summed E-state index contributed by atoms with van der Waals surface area (Å²) >= 11 is 0. The summed E-state index contributed by atoms with van der Waals surface area (Å²) in [4.78, 5) is 0. The maximum Gasteiger partial charge on any atom is 0.417 e. The minimum absolute atomic E-state index is 0.0675. The normalized spacial score (nSPS) is 11.7. The molecule has 0 atom stereocenters. The summed E-state index contributed by atoms with van der Waals surface area (Å²) in [5.74, 6) is -0.462. The minimum Gasteiger partial charge on any atom is -0.313 e. The molecule has 1 nitrogen and oxygen atoms in total. The van der Waals surface area contributed by atoms with Crippen molar-refractivity contribution in [3.63, 3.8) is 0 Å². The first-order chi connectivity index (χ1) is 9.93. The van der Waals surface area contributed by atoms with E-state index in [0.29, 0.717) is 24.2 Å². The van der Waals surface area contributed by atoms with Gasteiger partial charge in [-0.3, -0.25) is 0 Å². The van der Waals surface area contributed by atoms with Crippen molar-refractivity contribution in [2.24, 2.45) is 0 Å². The molecular formula is C16H15F4N. The van der Waals surface area contributed by atoms with Crippen molar-refractivity contribution in [3.05, 3.63) is 59.4 Å². The second-order valence-corrected chi connectivity index (χ2v) is 4.63. The van der Waals surface area contributed by atoms with Crippen LogP contribution >= 0.6 is 0 Å². The zero-order valence-corrected chi connectivity index (χ0v) is 11.5. The van der Waals surface area contributed by atoms with Crippen LogP contribution in [-0.2, 0) is 12.7 Å². The zero-order valence-electron chi connectivity index (χ0n) is 11.5. The average Bonchev–Trinajstić information content (AvgIpc) is 2.44. The lowest BCUT2D eigenvalue weighted by Gasteiger charge is -2.16. The van der Waals surface area contributed by atoms with Gasteiger partial charge in [-0.25, -0.2) is 4.39 Å². The summed E-state index contributed by atoms with van der Waals surface area (Å²) in [6, 6.07) is 9.18. The Labute approximate surface area is 120 Å². The Balaban J connectivity index is 2.57. The fourth-order valence-corrected chi connectivity index (χ4v) is 2.20. The first-order valence-electron chi connectivity index (χ1n) is 6.59. The van der Waals surface area contributed by atoms with Crippen molar-refractivity contribution < 1.29 is 17.6 Å². The number of hydrogen-bond donors (Lipinski definition) is 1. The van der Waals surface area contributed by atoms with Crippen LogP contribution < -0.4 is 5.32 Å². The third kappa shape index (κ3) is 3.61. The van der Waals surface area contributed by atoms with Crippen LogP contribution in [0.3, 0.4) is 0 Å². The van der Waals surface area contributed by atoms with E-state index in [1.807, 2.05) is 6.92 Å². The molecule has 0 heterocycles. The molecule has 0 spiro atoms. The second-order valence-electron chi connectivity index (χ2n) is 4.63. The molecule has 5 heteroatoms. The SMILES string of the molecule is CCNCc1cc(F)ccc1-c1ccccc1C(F)(F)F. The van der Waals surface area contributed by atoms with Crippen molar-refractivity contribution in [2.75, 3.05) is 6.54 Å². The monoisotopic (exact) mass is 297 g/mol. The molecule has 0 aromatic heterocycles. The van der Waals surface area contributed by atoms with E-state index in [9.17, 15) is 17.6 Å². The highest BCUT2D eigenvalue weighted by Gasteiger charge is 2.33. The van der Waals surface area contributed by atoms with Crippen molar-refractivity contribution in [1.29, 1.82) is 0 Å². The summed E-state index contributed by atoms with van der Waals surface area (Å²) in [5, 5.41) is 3.01. The highest BCUT2D eigenvalue weighted by molar-refractivity contribution is 5.71. The molecule has 0 aliphatic rings. The number of alkyl halides is 3. The van der Waals surface area contributed by atoms with Crippen LogP contribution in [-0.4, -0.2) is 6.54 Å². The van der Waals surface area contributed by atoms with E-state index in [4.69, 9.17) is 0 Å². The average molecular weight is 297 g/mol. The minimum atomic E-state index is -4.44. The largest absolute Gasteiger partial charge is 0.417 e. The third-order valence-corrected chi connectivity index (χ3v) is 3.16. The van der Waals surface area contributed by atoms with Crippen molar-refractivity contribution >= 4 is 0 Å². The molecule has 0 bridgehead atoms. The highest BCUT2D eigenvalue weighted by Crippen LogP contribution is 2.38. The molecule has 2 aromatic rings. The van der Waals surface area contributed by atoms with Gasteiger partial charge in [-0.1, -0.05) is 31.2 Å². The van der Waals surface area contributed by atoms with Gasteiger partial charge in [0.1, 0.15) is 5.82 Å². The van der Waals surface area contributed by atoms with Gasteiger partial charge in [0.05, 0.1) is 5.56 Å². The standard InChI is InChI=1S/C16H15F4N/c1-2-21-10-11-9-12(17)7-8-13(11)14-5-3-4-6-15(14)16(18,19)20/h3-9,21H,2,10H2,1H3. The van der Waals surface area contributed by atoms with Crippen LogP contribution in [0.25, 0.3) is 11.1 Å². The highest BCUT2D eigenvalue weighted by atomic mass is 19.4. The van der Waals surface area contributed by atoms with Gasteiger partial charge in [0.2, 0.25) is 0 Å². The van der Waals surface area contributed by atoms with Crippen LogP contribution in [0.4, 0.5) is 17.6 Å². The first kappa shape index (κ1) is 15.5. The third-order valence-electron chi connectivity index (χ3n) is 3.16. The molecule has 0 saturated heterocycles. The van der Waals surface area contributed by atoms with Crippen LogP contribution in [0, 0.1) is 5.82 Å². The van der Waals surface area contributed by atoms with E-state index >= 15 is 0 Å². The Bertz CT molecular complexity index is 620. The predicted octanol–water partition coefficient (Wildman–Crippen LogP) is 4.62. The number of nitrogens with one attached hydrogen (secondary N) is 1. The molecule has 0 aliphatic heterocycles. The lowest BCUT2D eigenvalue weighted by atomic mass is 9.95. The van der Waals surface area contributed by atoms with Gasteiger partial charge in [0.15, 0.2) is 0 Å². The van der Waals surface area contributed by atoms with E-state index in [-0.39, 0.29) is 5.56 Å². The maximum atomic E-state index is 13.4. The topological polar surface area (TPSA) is 12.0 Å². The van der Waals surface area contributed by atoms with Gasteiger partial charge in [-0.15, -0.1) is 0 Å².